The van der Waals surface area contributed by atoms with Crippen molar-refractivity contribution in [1.29, 1.82) is 0 Å². The molecule has 0 bridgehead atoms. The van der Waals surface area contributed by atoms with Crippen molar-refractivity contribution < 1.29 is 13.9 Å². The van der Waals surface area contributed by atoms with Gasteiger partial charge in [0.2, 0.25) is 0 Å². The normalized spacial score (nSPS) is 28.6. The Balaban J connectivity index is 2.04. The van der Waals surface area contributed by atoms with Gasteiger partial charge in [-0.2, -0.15) is 0 Å². The molecule has 1 aliphatic carbocycles. The largest absolute Gasteiger partial charge is 0.485 e. The van der Waals surface area contributed by atoms with Crippen LogP contribution in [0, 0.1) is 5.82 Å². The van der Waals surface area contributed by atoms with Crippen molar-refractivity contribution in [3.8, 4) is 5.75 Å². The van der Waals surface area contributed by atoms with Crippen LogP contribution >= 0.6 is 15.9 Å². The number of ether oxygens (including phenoxy) is 2. The molecule has 88 valence electrons. The zero-order valence-electron chi connectivity index (χ0n) is 8.82. The third-order valence-electron chi connectivity index (χ3n) is 2.74. The summed E-state index contributed by atoms with van der Waals surface area (Å²) in [5.74, 6) is -0.146. The molecule has 0 amide bonds. The smallest absolute Gasteiger partial charge is 0.166 e. The van der Waals surface area contributed by atoms with E-state index in [0.717, 1.165) is 0 Å². The first-order valence-electron chi connectivity index (χ1n) is 5.02. The van der Waals surface area contributed by atoms with Crippen molar-refractivity contribution in [3.63, 3.8) is 0 Å². The van der Waals surface area contributed by atoms with Crippen LogP contribution in [0.5, 0.6) is 5.75 Å². The van der Waals surface area contributed by atoms with E-state index in [0.29, 0.717) is 10.9 Å². The van der Waals surface area contributed by atoms with Crippen LogP contribution in [0.3, 0.4) is 0 Å². The second-order valence-electron chi connectivity index (χ2n) is 3.83. The van der Waals surface area contributed by atoms with Gasteiger partial charge in [0.25, 0.3) is 0 Å². The van der Waals surface area contributed by atoms with Crippen LogP contribution in [0.1, 0.15) is 6.42 Å². The fourth-order valence-electron chi connectivity index (χ4n) is 1.79. The lowest BCUT2D eigenvalue weighted by atomic mass is 9.86. The zero-order valence-corrected chi connectivity index (χ0v) is 10.4. The molecule has 2 N–H and O–H groups in total. The Morgan fingerprint density at radius 2 is 2.25 bits per heavy atom. The number of rotatable bonds is 3. The summed E-state index contributed by atoms with van der Waals surface area (Å²) in [7, 11) is 1.58. The molecule has 0 aromatic heterocycles. The topological polar surface area (TPSA) is 44.5 Å². The maximum atomic E-state index is 13.5. The van der Waals surface area contributed by atoms with Crippen molar-refractivity contribution in [2.45, 2.75) is 24.7 Å². The van der Waals surface area contributed by atoms with Gasteiger partial charge in [-0.05, 0) is 18.2 Å². The van der Waals surface area contributed by atoms with Crippen molar-refractivity contribution in [3.05, 3.63) is 28.5 Å². The minimum atomic E-state index is -0.385. The predicted molar refractivity (Wildman–Crippen MR) is 61.9 cm³/mol. The molecule has 16 heavy (non-hydrogen) atoms. The lowest BCUT2D eigenvalue weighted by Crippen LogP contribution is -2.59. The summed E-state index contributed by atoms with van der Waals surface area (Å²) >= 11 is 3.19. The standard InChI is InChI=1S/C11H13BrFNO2/c1-15-11-8(14)5-10(11)16-9-3-2-6(12)4-7(9)13/h2-4,8,10-11H,5,14H2,1H3. The lowest BCUT2D eigenvalue weighted by molar-refractivity contribution is -0.0793. The molecular weight excluding hydrogens is 277 g/mol. The molecule has 0 spiro atoms. The minimum Gasteiger partial charge on any atom is -0.485 e. The molecule has 5 heteroatoms. The Hall–Kier alpha value is -0.650. The molecule has 1 fully saturated rings. The molecule has 1 aromatic carbocycles. The highest BCUT2D eigenvalue weighted by molar-refractivity contribution is 9.10. The van der Waals surface area contributed by atoms with E-state index in [2.05, 4.69) is 15.9 Å². The van der Waals surface area contributed by atoms with E-state index in [1.165, 1.54) is 6.07 Å². The van der Waals surface area contributed by atoms with Crippen molar-refractivity contribution in [1.82, 2.24) is 0 Å². The number of nitrogens with two attached hydrogens (primary N) is 1. The van der Waals surface area contributed by atoms with E-state index in [1.54, 1.807) is 19.2 Å². The van der Waals surface area contributed by atoms with Crippen molar-refractivity contribution in [2.75, 3.05) is 7.11 Å². The van der Waals surface area contributed by atoms with Crippen LogP contribution < -0.4 is 10.5 Å². The van der Waals surface area contributed by atoms with E-state index in [-0.39, 0.29) is 29.8 Å². The van der Waals surface area contributed by atoms with Gasteiger partial charge in [-0.3, -0.25) is 0 Å². The molecule has 3 nitrogen and oxygen atoms in total. The van der Waals surface area contributed by atoms with E-state index in [4.69, 9.17) is 15.2 Å². The van der Waals surface area contributed by atoms with Crippen molar-refractivity contribution >= 4 is 15.9 Å². The Kier molecular flexibility index (Phi) is 3.47. The fraction of sp³-hybridized carbons (Fsp3) is 0.455. The Bertz CT molecular complexity index is 388. The Morgan fingerprint density at radius 1 is 1.50 bits per heavy atom. The first-order chi connectivity index (χ1) is 7.61. The summed E-state index contributed by atoms with van der Waals surface area (Å²) in [5.41, 5.74) is 5.73. The lowest BCUT2D eigenvalue weighted by Gasteiger charge is -2.40. The first kappa shape index (κ1) is 11.8. The molecule has 0 saturated heterocycles. The van der Waals surface area contributed by atoms with Gasteiger partial charge in [-0.1, -0.05) is 15.9 Å². The molecule has 2 rings (SSSR count). The SMILES string of the molecule is COC1C(N)CC1Oc1ccc(Br)cc1F. The average Bonchev–Trinajstić information content (AvgIpc) is 2.21. The molecule has 0 radical (unpaired) electrons. The van der Waals surface area contributed by atoms with Gasteiger partial charge < -0.3 is 15.2 Å². The Labute approximate surface area is 102 Å². The van der Waals surface area contributed by atoms with Crippen LogP contribution in [0.2, 0.25) is 0 Å². The summed E-state index contributed by atoms with van der Waals surface area (Å²) in [5, 5.41) is 0. The second kappa shape index (κ2) is 4.69. The summed E-state index contributed by atoms with van der Waals surface area (Å²) in [6, 6.07) is 4.68. The maximum Gasteiger partial charge on any atom is 0.166 e. The quantitative estimate of drug-likeness (QED) is 0.927. The minimum absolute atomic E-state index is 0.0199. The summed E-state index contributed by atoms with van der Waals surface area (Å²) in [6.45, 7) is 0. The molecule has 0 heterocycles. The molecule has 1 saturated carbocycles. The molecule has 1 aromatic rings. The van der Waals surface area contributed by atoms with Gasteiger partial charge in [0.15, 0.2) is 11.6 Å². The van der Waals surface area contributed by atoms with Crippen LogP contribution in [0.25, 0.3) is 0 Å². The molecule has 0 aliphatic heterocycles. The van der Waals surface area contributed by atoms with E-state index in [9.17, 15) is 4.39 Å². The third-order valence-corrected chi connectivity index (χ3v) is 3.23. The Morgan fingerprint density at radius 3 is 2.81 bits per heavy atom. The van der Waals surface area contributed by atoms with Crippen LogP contribution in [-0.2, 0) is 4.74 Å². The first-order valence-corrected chi connectivity index (χ1v) is 5.81. The summed E-state index contributed by atoms with van der Waals surface area (Å²) < 4.78 is 24.8. The van der Waals surface area contributed by atoms with Crippen LogP contribution in [0.15, 0.2) is 22.7 Å². The number of benzene rings is 1. The third kappa shape index (κ3) is 2.21. The number of halogens is 2. The predicted octanol–water partition coefficient (Wildman–Crippen LogP) is 2.08. The highest BCUT2D eigenvalue weighted by atomic mass is 79.9. The zero-order chi connectivity index (χ0) is 11.7. The van der Waals surface area contributed by atoms with Crippen molar-refractivity contribution in [2.24, 2.45) is 5.73 Å². The monoisotopic (exact) mass is 289 g/mol. The van der Waals surface area contributed by atoms with Crippen LogP contribution in [-0.4, -0.2) is 25.4 Å². The molecule has 3 unspecified atom stereocenters. The highest BCUT2D eigenvalue weighted by Crippen LogP contribution is 2.29. The van der Waals surface area contributed by atoms with Gasteiger partial charge >= 0.3 is 0 Å². The molecule has 3 atom stereocenters. The summed E-state index contributed by atoms with van der Waals surface area (Å²) in [4.78, 5) is 0. The number of hydrogen-bond donors (Lipinski definition) is 1. The van der Waals surface area contributed by atoms with E-state index < -0.39 is 0 Å². The van der Waals surface area contributed by atoms with Gasteiger partial charge in [-0.15, -0.1) is 0 Å². The molecular formula is C11H13BrFNO2. The van der Waals surface area contributed by atoms with E-state index >= 15 is 0 Å². The fourth-order valence-corrected chi connectivity index (χ4v) is 2.13. The van der Waals surface area contributed by atoms with Gasteiger partial charge in [0.1, 0.15) is 12.2 Å². The average molecular weight is 290 g/mol. The van der Waals surface area contributed by atoms with Gasteiger partial charge in [-0.25, -0.2) is 4.39 Å². The van der Waals surface area contributed by atoms with Gasteiger partial charge in [0, 0.05) is 24.0 Å². The highest BCUT2D eigenvalue weighted by Gasteiger charge is 2.41. The molecule has 1 aliphatic rings. The summed E-state index contributed by atoms with van der Waals surface area (Å²) in [6.07, 6.45) is 0.382. The second-order valence-corrected chi connectivity index (χ2v) is 4.75. The van der Waals surface area contributed by atoms with Gasteiger partial charge in [0.05, 0.1) is 0 Å². The number of methoxy groups -OCH3 is 1. The van der Waals surface area contributed by atoms with Crippen LogP contribution in [0.4, 0.5) is 4.39 Å². The maximum absolute atomic E-state index is 13.5. The number of hydrogen-bond acceptors (Lipinski definition) is 3. The van der Waals surface area contributed by atoms with E-state index in [1.807, 2.05) is 0 Å².